The highest BCUT2D eigenvalue weighted by atomic mass is 16.6. The fourth-order valence-electron chi connectivity index (χ4n) is 3.41. The number of carbonyl (C=O) groups excluding carboxylic acids is 3. The van der Waals surface area contributed by atoms with E-state index < -0.39 is 60.7 Å². The highest BCUT2D eigenvalue weighted by Gasteiger charge is 2.29. The Kier molecular flexibility index (Phi) is 13.7. The number of hydrogen-bond donors (Lipinski definition) is 6. The number of aliphatic hydroxyl groups excluding tert-OH is 1. The molecule has 13 heteroatoms. The Labute approximate surface area is 227 Å². The summed E-state index contributed by atoms with van der Waals surface area (Å²) in [5.74, 6) is -4.09. The molecular formula is C26H39N3O10. The molecule has 0 radical (unpaired) electrons. The summed E-state index contributed by atoms with van der Waals surface area (Å²) in [6.07, 6.45) is 1.39. The van der Waals surface area contributed by atoms with Crippen molar-refractivity contribution in [1.29, 1.82) is 0 Å². The van der Waals surface area contributed by atoms with Gasteiger partial charge in [0.2, 0.25) is 11.8 Å². The quantitative estimate of drug-likeness (QED) is 0.163. The molecule has 0 heterocycles. The van der Waals surface area contributed by atoms with Crippen LogP contribution in [-0.4, -0.2) is 82.6 Å². The van der Waals surface area contributed by atoms with E-state index in [1.165, 1.54) is 18.2 Å². The highest BCUT2D eigenvalue weighted by Crippen LogP contribution is 2.21. The second-order valence-corrected chi connectivity index (χ2v) is 9.79. The van der Waals surface area contributed by atoms with Crippen molar-refractivity contribution in [3.8, 4) is 5.75 Å². The van der Waals surface area contributed by atoms with Crippen molar-refractivity contribution >= 4 is 29.8 Å². The van der Waals surface area contributed by atoms with Crippen LogP contribution in [0.5, 0.6) is 5.75 Å². The van der Waals surface area contributed by atoms with Crippen molar-refractivity contribution in [2.75, 3.05) is 19.8 Å². The van der Waals surface area contributed by atoms with Crippen molar-refractivity contribution in [1.82, 2.24) is 16.0 Å². The summed E-state index contributed by atoms with van der Waals surface area (Å²) >= 11 is 0. The minimum Gasteiger partial charge on any atom is -0.481 e. The summed E-state index contributed by atoms with van der Waals surface area (Å²) in [5, 5.41) is 35.5. The van der Waals surface area contributed by atoms with Gasteiger partial charge in [-0.15, -0.1) is 0 Å². The number of unbranched alkanes of at least 4 members (excludes halogenated alkanes) is 2. The molecular weight excluding hydrogens is 514 g/mol. The smallest absolute Gasteiger partial charge is 0.408 e. The van der Waals surface area contributed by atoms with Gasteiger partial charge in [0.1, 0.15) is 29.0 Å². The third-order valence-corrected chi connectivity index (χ3v) is 5.20. The molecule has 13 nitrogen and oxygen atoms in total. The number of amides is 3. The van der Waals surface area contributed by atoms with Crippen LogP contribution >= 0.6 is 0 Å². The SMILES string of the molecule is CCCCCNC(=O)[C@H](Cc1ccc(OCC(=O)O)c(C(=O)O)c1)NC(=O)[C@H](CCO)NC(=O)OC(C)(C)C. The molecule has 0 spiro atoms. The number of aliphatic hydroxyl groups is 1. The molecule has 39 heavy (non-hydrogen) atoms. The number of aromatic carboxylic acids is 1. The molecule has 0 aliphatic carbocycles. The molecule has 0 fully saturated rings. The van der Waals surface area contributed by atoms with E-state index in [4.69, 9.17) is 14.6 Å². The van der Waals surface area contributed by atoms with Crippen LogP contribution in [0.15, 0.2) is 18.2 Å². The highest BCUT2D eigenvalue weighted by molar-refractivity contribution is 5.92. The van der Waals surface area contributed by atoms with E-state index in [0.29, 0.717) is 12.1 Å². The summed E-state index contributed by atoms with van der Waals surface area (Å²) in [6.45, 7) is 6.14. The van der Waals surface area contributed by atoms with Gasteiger partial charge in [-0.05, 0) is 51.3 Å². The van der Waals surface area contributed by atoms with Gasteiger partial charge < -0.3 is 40.7 Å². The number of rotatable bonds is 16. The van der Waals surface area contributed by atoms with Gasteiger partial charge in [0.05, 0.1) is 0 Å². The topological polar surface area (TPSA) is 201 Å². The van der Waals surface area contributed by atoms with Gasteiger partial charge in [-0.1, -0.05) is 25.8 Å². The fraction of sp³-hybridized carbons (Fsp3) is 0.577. The number of hydrogen-bond acceptors (Lipinski definition) is 8. The van der Waals surface area contributed by atoms with Gasteiger partial charge in [0, 0.05) is 19.6 Å². The van der Waals surface area contributed by atoms with Gasteiger partial charge in [0.25, 0.3) is 0 Å². The Morgan fingerprint density at radius 2 is 1.67 bits per heavy atom. The molecule has 0 saturated heterocycles. The molecule has 0 aromatic heterocycles. The minimum absolute atomic E-state index is 0.122. The molecule has 6 N–H and O–H groups in total. The normalized spacial score (nSPS) is 12.5. The summed E-state index contributed by atoms with van der Waals surface area (Å²) < 4.78 is 10.2. The van der Waals surface area contributed by atoms with E-state index in [1.54, 1.807) is 20.8 Å². The van der Waals surface area contributed by atoms with Crippen molar-refractivity contribution in [3.05, 3.63) is 29.3 Å². The van der Waals surface area contributed by atoms with Gasteiger partial charge in [0.15, 0.2) is 6.61 Å². The summed E-state index contributed by atoms with van der Waals surface area (Å²) in [5.41, 5.74) is -0.789. The monoisotopic (exact) mass is 553 g/mol. The standard InChI is InChI=1S/C26H39N3O10/c1-5-6-7-11-27-22(33)19(28-23(34)18(10-12-30)29-25(37)39-26(2,3)4)14-16-8-9-20(38-15-21(31)32)17(13-16)24(35)36/h8-9,13,18-19,30H,5-7,10-12,14-15H2,1-4H3,(H,27,33)(H,28,34)(H,29,37)(H,31,32)(H,35,36)/t18-,19-/m0/s1. The second-order valence-electron chi connectivity index (χ2n) is 9.79. The average molecular weight is 554 g/mol. The van der Waals surface area contributed by atoms with Crippen LogP contribution in [0.4, 0.5) is 4.79 Å². The lowest BCUT2D eigenvalue weighted by Gasteiger charge is -2.25. The number of ether oxygens (including phenoxy) is 2. The zero-order valence-electron chi connectivity index (χ0n) is 22.7. The third-order valence-electron chi connectivity index (χ3n) is 5.20. The molecule has 1 aromatic rings. The van der Waals surface area contributed by atoms with Crippen molar-refractivity contribution < 1.29 is 48.8 Å². The van der Waals surface area contributed by atoms with Crippen LogP contribution in [0.3, 0.4) is 0 Å². The maximum absolute atomic E-state index is 13.1. The molecule has 1 rings (SSSR count). The molecule has 3 amide bonds. The Morgan fingerprint density at radius 3 is 2.23 bits per heavy atom. The number of carbonyl (C=O) groups is 5. The van der Waals surface area contributed by atoms with Crippen LogP contribution in [0, 0.1) is 0 Å². The predicted octanol–water partition coefficient (Wildman–Crippen LogP) is 1.46. The fourth-order valence-corrected chi connectivity index (χ4v) is 3.41. The molecule has 0 bridgehead atoms. The Morgan fingerprint density at radius 1 is 0.974 bits per heavy atom. The predicted molar refractivity (Wildman–Crippen MR) is 140 cm³/mol. The second kappa shape index (κ2) is 16.2. The summed E-state index contributed by atoms with van der Waals surface area (Å²) in [7, 11) is 0. The van der Waals surface area contributed by atoms with E-state index in [9.17, 15) is 34.2 Å². The maximum Gasteiger partial charge on any atom is 0.408 e. The molecule has 218 valence electrons. The first kappa shape index (κ1) is 33.2. The molecule has 0 unspecified atom stereocenters. The minimum atomic E-state index is -1.37. The van der Waals surface area contributed by atoms with Crippen LogP contribution in [0.25, 0.3) is 0 Å². The molecule has 2 atom stereocenters. The first-order valence-corrected chi connectivity index (χ1v) is 12.7. The lowest BCUT2D eigenvalue weighted by molar-refractivity contribution is -0.139. The zero-order valence-corrected chi connectivity index (χ0v) is 22.7. The zero-order chi connectivity index (χ0) is 29.6. The number of nitrogens with one attached hydrogen (secondary N) is 3. The first-order chi connectivity index (χ1) is 18.3. The van der Waals surface area contributed by atoms with Crippen LogP contribution in [0.2, 0.25) is 0 Å². The van der Waals surface area contributed by atoms with Gasteiger partial charge in [-0.25, -0.2) is 14.4 Å². The van der Waals surface area contributed by atoms with E-state index in [-0.39, 0.29) is 24.2 Å². The maximum atomic E-state index is 13.1. The van der Waals surface area contributed by atoms with E-state index >= 15 is 0 Å². The van der Waals surface area contributed by atoms with Crippen molar-refractivity contribution in [3.63, 3.8) is 0 Å². The van der Waals surface area contributed by atoms with Crippen LogP contribution in [-0.2, 0) is 25.5 Å². The molecule has 0 aliphatic heterocycles. The first-order valence-electron chi connectivity index (χ1n) is 12.7. The Hall–Kier alpha value is -3.87. The van der Waals surface area contributed by atoms with Crippen LogP contribution in [0.1, 0.15) is 69.3 Å². The van der Waals surface area contributed by atoms with E-state index in [1.807, 2.05) is 6.92 Å². The van der Waals surface area contributed by atoms with Crippen molar-refractivity contribution in [2.45, 2.75) is 77.5 Å². The number of aliphatic carboxylic acids is 1. The summed E-state index contributed by atoms with van der Waals surface area (Å²) in [6, 6.07) is 1.60. The number of carboxylic acids is 2. The largest absolute Gasteiger partial charge is 0.481 e. The van der Waals surface area contributed by atoms with Gasteiger partial charge in [-0.3, -0.25) is 9.59 Å². The lowest BCUT2D eigenvalue weighted by atomic mass is 10.0. The van der Waals surface area contributed by atoms with Crippen molar-refractivity contribution in [2.24, 2.45) is 0 Å². The summed E-state index contributed by atoms with van der Waals surface area (Å²) in [4.78, 5) is 60.8. The number of benzene rings is 1. The van der Waals surface area contributed by atoms with Crippen LogP contribution < -0.4 is 20.7 Å². The third kappa shape index (κ3) is 13.0. The van der Waals surface area contributed by atoms with E-state index in [2.05, 4.69) is 16.0 Å². The Bertz CT molecular complexity index is 1010. The van der Waals surface area contributed by atoms with Gasteiger partial charge in [-0.2, -0.15) is 0 Å². The average Bonchev–Trinajstić information content (AvgIpc) is 2.83. The number of carboxylic acid groups (broad SMARTS) is 2. The molecule has 1 aromatic carbocycles. The van der Waals surface area contributed by atoms with Gasteiger partial charge >= 0.3 is 18.0 Å². The lowest BCUT2D eigenvalue weighted by Crippen LogP contribution is -2.55. The van der Waals surface area contributed by atoms with E-state index in [0.717, 1.165) is 19.3 Å². The number of alkyl carbamates (subject to hydrolysis) is 1. The molecule has 0 saturated carbocycles. The molecule has 0 aliphatic rings. The Balaban J connectivity index is 3.17.